The van der Waals surface area contributed by atoms with E-state index in [9.17, 15) is 14.7 Å². The van der Waals surface area contributed by atoms with Crippen LogP contribution in [0.2, 0.25) is 0 Å². The van der Waals surface area contributed by atoms with Crippen molar-refractivity contribution in [3.63, 3.8) is 0 Å². The van der Waals surface area contributed by atoms with E-state index >= 15 is 0 Å². The monoisotopic (exact) mass is 312 g/mol. The molecule has 1 unspecified atom stereocenters. The Labute approximate surface area is 127 Å². The van der Waals surface area contributed by atoms with E-state index in [-0.39, 0.29) is 17.0 Å². The van der Waals surface area contributed by atoms with E-state index in [0.29, 0.717) is 22.8 Å². The molecular weight excluding hydrogens is 292 g/mol. The molecule has 0 aromatic carbocycles. The average molecular weight is 312 g/mol. The van der Waals surface area contributed by atoms with Gasteiger partial charge in [0.2, 0.25) is 0 Å². The summed E-state index contributed by atoms with van der Waals surface area (Å²) in [6, 6.07) is 0. The number of aliphatic hydroxyl groups excluding tert-OH is 1. The molecule has 1 aromatic heterocycles. The Morgan fingerprint density at radius 3 is 2.81 bits per heavy atom. The third-order valence-corrected chi connectivity index (χ3v) is 4.88. The molecule has 1 aliphatic heterocycles. The van der Waals surface area contributed by atoms with E-state index in [1.165, 1.54) is 18.4 Å². The number of carbonyl (C=O) groups excluding carboxylic acids is 2. The predicted molar refractivity (Wildman–Crippen MR) is 82.1 cm³/mol. The van der Waals surface area contributed by atoms with Gasteiger partial charge in [-0.1, -0.05) is 6.92 Å². The summed E-state index contributed by atoms with van der Waals surface area (Å²) in [5.41, 5.74) is 6.43. The second kappa shape index (κ2) is 6.44. The summed E-state index contributed by atoms with van der Waals surface area (Å²) in [6.07, 6.45) is 1.47. The average Bonchev–Trinajstić information content (AvgIpc) is 2.83. The third kappa shape index (κ3) is 3.03. The molecule has 2 rings (SSSR count). The van der Waals surface area contributed by atoms with E-state index in [2.05, 4.69) is 0 Å². The van der Waals surface area contributed by atoms with Crippen molar-refractivity contribution in [1.82, 2.24) is 0 Å². The molecule has 3 N–H and O–H groups in total. The Kier molecular flexibility index (Phi) is 4.84. The highest BCUT2D eigenvalue weighted by Gasteiger charge is 2.30. The first-order valence-electron chi connectivity index (χ1n) is 6.96. The lowest BCUT2D eigenvalue weighted by Crippen LogP contribution is -2.38. The second-order valence-corrected chi connectivity index (χ2v) is 6.03. The lowest BCUT2D eigenvalue weighted by Gasteiger charge is -2.31. The van der Waals surface area contributed by atoms with Gasteiger partial charge in [0.1, 0.15) is 10.6 Å². The van der Waals surface area contributed by atoms with Crippen LogP contribution in [-0.4, -0.2) is 43.2 Å². The van der Waals surface area contributed by atoms with Crippen molar-refractivity contribution in [3.05, 3.63) is 10.4 Å². The van der Waals surface area contributed by atoms with Gasteiger partial charge >= 0.3 is 5.97 Å². The molecule has 1 aliphatic rings. The lowest BCUT2D eigenvalue weighted by molar-refractivity contribution is 0.0602. The van der Waals surface area contributed by atoms with Crippen LogP contribution in [0.4, 0.5) is 10.7 Å². The van der Waals surface area contributed by atoms with Gasteiger partial charge in [0, 0.05) is 19.5 Å². The predicted octanol–water partition coefficient (Wildman–Crippen LogP) is 1.67. The number of nitrogens with zero attached hydrogens (tertiary/aromatic N) is 1. The zero-order valence-corrected chi connectivity index (χ0v) is 13.0. The minimum Gasteiger partial charge on any atom is -0.465 e. The number of nitrogens with two attached hydrogens (primary N) is 1. The SMILES string of the molecule is CCC(=O)c1sc(N2CCCC(O)C2)c(C(=O)OC)c1N. The molecule has 21 heavy (non-hydrogen) atoms. The van der Waals surface area contributed by atoms with Crippen molar-refractivity contribution in [2.75, 3.05) is 30.8 Å². The zero-order valence-electron chi connectivity index (χ0n) is 12.2. The normalized spacial score (nSPS) is 18.6. The van der Waals surface area contributed by atoms with Crippen molar-refractivity contribution in [1.29, 1.82) is 0 Å². The zero-order chi connectivity index (χ0) is 15.6. The van der Waals surface area contributed by atoms with Crippen LogP contribution in [0, 0.1) is 0 Å². The molecular formula is C14H20N2O4S. The number of esters is 1. The van der Waals surface area contributed by atoms with E-state index in [1.54, 1.807) is 6.92 Å². The van der Waals surface area contributed by atoms with Gasteiger partial charge in [-0.05, 0) is 12.8 Å². The van der Waals surface area contributed by atoms with Gasteiger partial charge in [-0.3, -0.25) is 4.79 Å². The van der Waals surface area contributed by atoms with Crippen LogP contribution < -0.4 is 10.6 Å². The number of methoxy groups -OCH3 is 1. The molecule has 1 saturated heterocycles. The van der Waals surface area contributed by atoms with E-state index in [4.69, 9.17) is 10.5 Å². The number of aliphatic hydroxyl groups is 1. The molecule has 0 amide bonds. The Morgan fingerprint density at radius 1 is 1.52 bits per heavy atom. The fourth-order valence-corrected chi connectivity index (χ4v) is 3.71. The molecule has 1 atom stereocenters. The quantitative estimate of drug-likeness (QED) is 0.649. The fourth-order valence-electron chi connectivity index (χ4n) is 2.46. The van der Waals surface area contributed by atoms with Crippen LogP contribution >= 0.6 is 11.3 Å². The number of rotatable bonds is 4. The van der Waals surface area contributed by atoms with Crippen LogP contribution in [0.3, 0.4) is 0 Å². The molecule has 1 aromatic rings. The summed E-state index contributed by atoms with van der Waals surface area (Å²) in [6.45, 7) is 2.91. The first-order chi connectivity index (χ1) is 9.99. The number of thiophene rings is 1. The Hall–Kier alpha value is -1.60. The van der Waals surface area contributed by atoms with E-state index in [1.807, 2.05) is 4.90 Å². The van der Waals surface area contributed by atoms with Gasteiger partial charge in [0.05, 0.1) is 23.8 Å². The maximum Gasteiger partial charge on any atom is 0.343 e. The maximum absolute atomic E-state index is 12.0. The largest absolute Gasteiger partial charge is 0.465 e. The standard InChI is InChI=1S/C14H20N2O4S/c1-3-9(18)12-11(15)10(14(19)20-2)13(21-12)16-6-4-5-8(17)7-16/h8,17H,3-7,15H2,1-2H3. The summed E-state index contributed by atoms with van der Waals surface area (Å²) < 4.78 is 4.79. The highest BCUT2D eigenvalue weighted by Crippen LogP contribution is 2.40. The number of anilines is 2. The minimum absolute atomic E-state index is 0.0912. The smallest absolute Gasteiger partial charge is 0.343 e. The number of hydrogen-bond donors (Lipinski definition) is 2. The molecule has 6 nitrogen and oxygen atoms in total. The van der Waals surface area contributed by atoms with Gasteiger partial charge < -0.3 is 20.5 Å². The van der Waals surface area contributed by atoms with E-state index in [0.717, 1.165) is 19.4 Å². The highest BCUT2D eigenvalue weighted by atomic mass is 32.1. The first-order valence-corrected chi connectivity index (χ1v) is 7.78. The minimum atomic E-state index is -0.547. The number of piperidine rings is 1. The van der Waals surface area contributed by atoms with Crippen LogP contribution in [0.5, 0.6) is 0 Å². The van der Waals surface area contributed by atoms with Gasteiger partial charge in [-0.25, -0.2) is 4.79 Å². The number of carbonyl (C=O) groups is 2. The lowest BCUT2D eigenvalue weighted by atomic mass is 10.1. The van der Waals surface area contributed by atoms with Crippen molar-refractivity contribution in [2.24, 2.45) is 0 Å². The Bertz CT molecular complexity index is 555. The number of Topliss-reactive ketones (excluding diaryl/α,β-unsaturated/α-hetero) is 1. The summed E-state index contributed by atoms with van der Waals surface area (Å²) in [4.78, 5) is 26.3. The van der Waals surface area contributed by atoms with Crippen molar-refractivity contribution < 1.29 is 19.4 Å². The van der Waals surface area contributed by atoms with Crippen molar-refractivity contribution in [2.45, 2.75) is 32.3 Å². The molecule has 116 valence electrons. The third-order valence-electron chi connectivity index (χ3n) is 3.57. The van der Waals surface area contributed by atoms with Crippen molar-refractivity contribution in [3.8, 4) is 0 Å². The molecule has 2 heterocycles. The topological polar surface area (TPSA) is 92.9 Å². The number of β-amino-alcohol motifs (C(OH)–C–C–N with tert-alkyl or cyclic N) is 1. The first kappa shape index (κ1) is 15.8. The number of nitrogen functional groups attached to an aromatic ring is 1. The highest BCUT2D eigenvalue weighted by molar-refractivity contribution is 7.19. The second-order valence-electron chi connectivity index (χ2n) is 5.04. The number of hydrogen-bond acceptors (Lipinski definition) is 7. The van der Waals surface area contributed by atoms with Crippen LogP contribution in [0.25, 0.3) is 0 Å². The van der Waals surface area contributed by atoms with Gasteiger partial charge in [-0.2, -0.15) is 0 Å². The van der Waals surface area contributed by atoms with Gasteiger partial charge in [0.25, 0.3) is 0 Å². The summed E-state index contributed by atoms with van der Waals surface area (Å²) >= 11 is 1.21. The van der Waals surface area contributed by atoms with Gasteiger partial charge in [0.15, 0.2) is 5.78 Å². The summed E-state index contributed by atoms with van der Waals surface area (Å²) in [5, 5.41) is 10.4. The molecule has 0 aliphatic carbocycles. The maximum atomic E-state index is 12.0. The molecule has 0 spiro atoms. The Morgan fingerprint density at radius 2 is 2.24 bits per heavy atom. The molecule has 0 bridgehead atoms. The summed E-state index contributed by atoms with van der Waals surface area (Å²) in [5.74, 6) is -0.638. The van der Waals surface area contributed by atoms with Crippen LogP contribution in [0.15, 0.2) is 0 Å². The van der Waals surface area contributed by atoms with E-state index < -0.39 is 12.1 Å². The fraction of sp³-hybridized carbons (Fsp3) is 0.571. The molecule has 0 saturated carbocycles. The van der Waals surface area contributed by atoms with Crippen LogP contribution in [0.1, 0.15) is 46.2 Å². The van der Waals surface area contributed by atoms with Crippen molar-refractivity contribution >= 4 is 33.8 Å². The number of ketones is 1. The molecule has 7 heteroatoms. The molecule has 0 radical (unpaired) electrons. The van der Waals surface area contributed by atoms with Crippen LogP contribution in [-0.2, 0) is 4.74 Å². The Balaban J connectivity index is 2.47. The number of ether oxygens (including phenoxy) is 1. The summed E-state index contributed by atoms with van der Waals surface area (Å²) in [7, 11) is 1.29. The molecule has 1 fully saturated rings. The van der Waals surface area contributed by atoms with Gasteiger partial charge in [-0.15, -0.1) is 11.3 Å².